The predicted octanol–water partition coefficient (Wildman–Crippen LogP) is -0.148. The summed E-state index contributed by atoms with van der Waals surface area (Å²) in [6, 6.07) is 9.66. The van der Waals surface area contributed by atoms with E-state index in [-0.39, 0.29) is 0 Å². The van der Waals surface area contributed by atoms with Gasteiger partial charge in [0.05, 0.1) is 6.33 Å². The third-order valence-corrected chi connectivity index (χ3v) is 4.66. The first-order valence-electron chi connectivity index (χ1n) is 8.96. The summed E-state index contributed by atoms with van der Waals surface area (Å²) in [7, 11) is 0. The van der Waals surface area contributed by atoms with Crippen LogP contribution in [-0.4, -0.2) is 65.2 Å². The SMILES string of the molecule is O=C(O)NC(=O)[C@H]1O[C@@H](n2cnc3c(NCc4ccccc4)ncnc32)[C@H](O)[C@@H]1O. The van der Waals surface area contributed by atoms with E-state index in [1.807, 2.05) is 30.3 Å². The van der Waals surface area contributed by atoms with E-state index in [2.05, 4.69) is 20.3 Å². The predicted molar refractivity (Wildman–Crippen MR) is 101 cm³/mol. The van der Waals surface area contributed by atoms with Gasteiger partial charge >= 0.3 is 6.09 Å². The van der Waals surface area contributed by atoms with Gasteiger partial charge < -0.3 is 25.4 Å². The van der Waals surface area contributed by atoms with Crippen molar-refractivity contribution in [2.24, 2.45) is 0 Å². The maximum atomic E-state index is 11.9. The van der Waals surface area contributed by atoms with Gasteiger partial charge in [-0.2, -0.15) is 0 Å². The summed E-state index contributed by atoms with van der Waals surface area (Å²) in [6.07, 6.45) is -4.87. The van der Waals surface area contributed by atoms with E-state index in [1.54, 1.807) is 5.32 Å². The molecule has 1 saturated heterocycles. The van der Waals surface area contributed by atoms with Crippen LogP contribution >= 0.6 is 0 Å². The Kier molecular flexibility index (Phi) is 5.27. The highest BCUT2D eigenvalue weighted by Gasteiger charge is 2.48. The number of carboxylic acid groups (broad SMARTS) is 1. The second-order valence-electron chi connectivity index (χ2n) is 6.61. The van der Waals surface area contributed by atoms with Crippen molar-refractivity contribution < 1.29 is 29.6 Å². The Morgan fingerprint density at radius 1 is 1.10 bits per heavy atom. The van der Waals surface area contributed by atoms with E-state index in [0.29, 0.717) is 23.5 Å². The number of aliphatic hydroxyl groups is 2. The van der Waals surface area contributed by atoms with E-state index in [4.69, 9.17) is 9.84 Å². The van der Waals surface area contributed by atoms with Crippen LogP contribution in [0.3, 0.4) is 0 Å². The fourth-order valence-electron chi connectivity index (χ4n) is 3.23. The van der Waals surface area contributed by atoms with Crippen LogP contribution in [-0.2, 0) is 16.1 Å². The van der Waals surface area contributed by atoms with Crippen molar-refractivity contribution in [1.82, 2.24) is 24.8 Å². The minimum absolute atomic E-state index is 0.302. The van der Waals surface area contributed by atoms with Crippen LogP contribution in [0.5, 0.6) is 0 Å². The molecule has 0 bridgehead atoms. The quantitative estimate of drug-likeness (QED) is 0.378. The number of imidazole rings is 1. The molecule has 1 fully saturated rings. The maximum Gasteiger partial charge on any atom is 0.411 e. The third-order valence-electron chi connectivity index (χ3n) is 4.66. The number of hydrogen-bond donors (Lipinski definition) is 5. The molecule has 0 saturated carbocycles. The normalized spacial score (nSPS) is 23.4. The number of hydrogen-bond acceptors (Lipinski definition) is 9. The molecule has 3 heterocycles. The smallest absolute Gasteiger partial charge is 0.411 e. The van der Waals surface area contributed by atoms with Crippen molar-refractivity contribution in [3.8, 4) is 0 Å². The molecule has 1 aliphatic rings. The summed E-state index contributed by atoms with van der Waals surface area (Å²) in [6.45, 7) is 0.499. The largest absolute Gasteiger partial charge is 0.465 e. The standard InChI is InChI=1S/C18H18N6O6/c25-11-12(26)17(30-13(11)16(27)23-18(28)29)24-8-22-10-14(20-7-21-15(10)24)19-6-9-4-2-1-3-5-9/h1-5,7-8,11-13,17,25-26H,6H2,(H,23,27)(H,28,29)(H,19,20,21)/t11-,12+,13-,17+/m0/s1. The average Bonchev–Trinajstić information content (AvgIpc) is 3.28. The molecule has 3 aromatic rings. The summed E-state index contributed by atoms with van der Waals surface area (Å²) in [5.41, 5.74) is 1.74. The summed E-state index contributed by atoms with van der Waals surface area (Å²) < 4.78 is 6.79. The molecule has 0 spiro atoms. The number of benzene rings is 1. The number of imide groups is 1. The van der Waals surface area contributed by atoms with E-state index in [0.717, 1.165) is 5.56 Å². The molecular formula is C18H18N6O6. The first kappa shape index (κ1) is 19.7. The Balaban J connectivity index is 1.58. The van der Waals surface area contributed by atoms with Gasteiger partial charge in [0, 0.05) is 6.54 Å². The number of carbonyl (C=O) groups excluding carboxylic acids is 1. The lowest BCUT2D eigenvalue weighted by atomic mass is 10.1. The van der Waals surface area contributed by atoms with Gasteiger partial charge in [-0.25, -0.2) is 19.7 Å². The molecule has 0 aliphatic carbocycles. The van der Waals surface area contributed by atoms with Crippen LogP contribution in [0.1, 0.15) is 11.8 Å². The molecule has 1 aliphatic heterocycles. The molecule has 12 heteroatoms. The molecule has 0 unspecified atom stereocenters. The zero-order valence-electron chi connectivity index (χ0n) is 15.4. The molecule has 156 valence electrons. The van der Waals surface area contributed by atoms with Crippen molar-refractivity contribution in [1.29, 1.82) is 0 Å². The summed E-state index contributed by atoms with van der Waals surface area (Å²) in [5, 5.41) is 33.9. The Labute approximate surface area is 169 Å². The lowest BCUT2D eigenvalue weighted by molar-refractivity contribution is -0.136. The van der Waals surface area contributed by atoms with Gasteiger partial charge in [-0.05, 0) is 5.56 Å². The van der Waals surface area contributed by atoms with Crippen molar-refractivity contribution in [2.75, 3.05) is 5.32 Å². The van der Waals surface area contributed by atoms with Gasteiger partial charge in [-0.15, -0.1) is 0 Å². The number of nitrogens with one attached hydrogen (secondary N) is 2. The molecule has 2 amide bonds. The zero-order valence-corrected chi connectivity index (χ0v) is 15.4. The highest BCUT2D eigenvalue weighted by molar-refractivity contribution is 5.94. The number of aromatic nitrogens is 4. The summed E-state index contributed by atoms with van der Waals surface area (Å²) >= 11 is 0. The first-order valence-corrected chi connectivity index (χ1v) is 8.96. The van der Waals surface area contributed by atoms with Crippen molar-refractivity contribution in [3.63, 3.8) is 0 Å². The van der Waals surface area contributed by atoms with Crippen molar-refractivity contribution >= 4 is 29.0 Å². The molecule has 12 nitrogen and oxygen atoms in total. The van der Waals surface area contributed by atoms with E-state index in [9.17, 15) is 19.8 Å². The molecule has 30 heavy (non-hydrogen) atoms. The van der Waals surface area contributed by atoms with Gasteiger partial charge in [0.15, 0.2) is 29.3 Å². The number of aliphatic hydroxyl groups excluding tert-OH is 2. The maximum absolute atomic E-state index is 11.9. The number of rotatable bonds is 5. The van der Waals surface area contributed by atoms with Crippen LogP contribution in [0.25, 0.3) is 11.2 Å². The number of nitrogens with zero attached hydrogens (tertiary/aromatic N) is 4. The highest BCUT2D eigenvalue weighted by Crippen LogP contribution is 2.32. The fourth-order valence-corrected chi connectivity index (χ4v) is 3.23. The zero-order chi connectivity index (χ0) is 21.3. The fraction of sp³-hybridized carbons (Fsp3) is 0.278. The Hall–Kier alpha value is -3.61. The van der Waals surface area contributed by atoms with Gasteiger partial charge in [0.1, 0.15) is 18.5 Å². The molecule has 5 N–H and O–H groups in total. The highest BCUT2D eigenvalue weighted by atomic mass is 16.6. The van der Waals surface area contributed by atoms with Crippen LogP contribution in [0.2, 0.25) is 0 Å². The number of fused-ring (bicyclic) bond motifs is 1. The minimum Gasteiger partial charge on any atom is -0.465 e. The number of anilines is 1. The van der Waals surface area contributed by atoms with Crippen molar-refractivity contribution in [3.05, 3.63) is 48.5 Å². The lowest BCUT2D eigenvalue weighted by Crippen LogP contribution is -2.44. The Morgan fingerprint density at radius 3 is 2.60 bits per heavy atom. The second-order valence-corrected chi connectivity index (χ2v) is 6.61. The lowest BCUT2D eigenvalue weighted by Gasteiger charge is -2.16. The number of carbonyl (C=O) groups is 2. The van der Waals surface area contributed by atoms with Crippen LogP contribution in [0, 0.1) is 0 Å². The first-order chi connectivity index (χ1) is 14.5. The van der Waals surface area contributed by atoms with E-state index >= 15 is 0 Å². The van der Waals surface area contributed by atoms with Crippen molar-refractivity contribution in [2.45, 2.75) is 31.1 Å². The molecule has 4 atom stereocenters. The second kappa shape index (κ2) is 8.02. The monoisotopic (exact) mass is 414 g/mol. The third kappa shape index (κ3) is 3.66. The van der Waals surface area contributed by atoms with Crippen LogP contribution in [0.15, 0.2) is 43.0 Å². The number of ether oxygens (including phenoxy) is 1. The molecule has 0 radical (unpaired) electrons. The summed E-state index contributed by atoms with van der Waals surface area (Å²) in [4.78, 5) is 35.2. The van der Waals surface area contributed by atoms with Gasteiger partial charge in [-0.3, -0.25) is 14.7 Å². The molecule has 1 aromatic carbocycles. The topological polar surface area (TPSA) is 172 Å². The molecular weight excluding hydrogens is 396 g/mol. The molecule has 4 rings (SSSR count). The number of amides is 2. The van der Waals surface area contributed by atoms with Crippen LogP contribution in [0.4, 0.5) is 10.6 Å². The van der Waals surface area contributed by atoms with Crippen LogP contribution < -0.4 is 10.6 Å². The summed E-state index contributed by atoms with van der Waals surface area (Å²) in [5.74, 6) is -0.628. The van der Waals surface area contributed by atoms with Gasteiger partial charge in [0.2, 0.25) is 0 Å². The van der Waals surface area contributed by atoms with E-state index < -0.39 is 36.5 Å². The van der Waals surface area contributed by atoms with E-state index in [1.165, 1.54) is 17.2 Å². The van der Waals surface area contributed by atoms with Gasteiger partial charge in [0.25, 0.3) is 5.91 Å². The minimum atomic E-state index is -1.63. The Morgan fingerprint density at radius 2 is 1.87 bits per heavy atom. The Bertz CT molecular complexity index is 1070. The van der Waals surface area contributed by atoms with Gasteiger partial charge in [-0.1, -0.05) is 30.3 Å². The average molecular weight is 414 g/mol. The molecule has 2 aromatic heterocycles.